The van der Waals surface area contributed by atoms with Gasteiger partial charge in [0.05, 0.1) is 6.61 Å². The lowest BCUT2D eigenvalue weighted by atomic mass is 9.90. The smallest absolute Gasteiger partial charge is 0.256 e. The number of benzene rings is 1. The average Bonchev–Trinajstić information content (AvgIpc) is 3.05. The lowest BCUT2D eigenvalue weighted by Gasteiger charge is -2.45. The van der Waals surface area contributed by atoms with Crippen molar-refractivity contribution >= 4 is 17.7 Å². The van der Waals surface area contributed by atoms with Crippen LogP contribution in [-0.4, -0.2) is 65.0 Å². The summed E-state index contributed by atoms with van der Waals surface area (Å²) in [5.74, 6) is -0.297. The maximum atomic E-state index is 13.5. The van der Waals surface area contributed by atoms with Crippen LogP contribution in [0.5, 0.6) is 0 Å². The number of hydrogen-bond donors (Lipinski definition) is 1. The molecule has 0 aromatic heterocycles. The fourth-order valence-electron chi connectivity index (χ4n) is 4.34. The topological polar surface area (TPSA) is 79.0 Å². The summed E-state index contributed by atoms with van der Waals surface area (Å²) in [7, 11) is 0. The highest BCUT2D eigenvalue weighted by atomic mass is 16.5. The summed E-state index contributed by atoms with van der Waals surface area (Å²) in [6.45, 7) is 11.1. The largest absolute Gasteiger partial charge is 0.353 e. The van der Waals surface area contributed by atoms with Crippen LogP contribution in [0.1, 0.15) is 64.2 Å². The van der Waals surface area contributed by atoms with Crippen LogP contribution in [0.15, 0.2) is 30.3 Å². The molecule has 7 nitrogen and oxygen atoms in total. The molecule has 1 atom stereocenters. The third-order valence-corrected chi connectivity index (χ3v) is 5.81. The van der Waals surface area contributed by atoms with E-state index in [-0.39, 0.29) is 35.8 Å². The predicted molar refractivity (Wildman–Crippen MR) is 118 cm³/mol. The van der Waals surface area contributed by atoms with Crippen molar-refractivity contribution in [3.05, 3.63) is 35.9 Å². The van der Waals surface area contributed by atoms with Crippen molar-refractivity contribution in [2.45, 2.75) is 71.7 Å². The van der Waals surface area contributed by atoms with Gasteiger partial charge < -0.3 is 15.0 Å². The summed E-state index contributed by atoms with van der Waals surface area (Å²) in [6, 6.07) is 8.28. The van der Waals surface area contributed by atoms with E-state index in [0.29, 0.717) is 37.9 Å². The van der Waals surface area contributed by atoms with Gasteiger partial charge in [-0.15, -0.1) is 0 Å². The minimum Gasteiger partial charge on any atom is -0.353 e. The fraction of sp³-hybridized carbons (Fsp3) is 0.625. The van der Waals surface area contributed by atoms with Crippen LogP contribution in [0.3, 0.4) is 0 Å². The van der Waals surface area contributed by atoms with Gasteiger partial charge in [-0.2, -0.15) is 0 Å². The van der Waals surface area contributed by atoms with Crippen molar-refractivity contribution < 1.29 is 19.1 Å². The highest BCUT2D eigenvalue weighted by Gasteiger charge is 2.54. The molecule has 31 heavy (non-hydrogen) atoms. The van der Waals surface area contributed by atoms with Crippen molar-refractivity contribution in [3.63, 3.8) is 0 Å². The van der Waals surface area contributed by atoms with E-state index in [1.54, 1.807) is 17.0 Å². The number of likely N-dealkylation sites (tertiary alicyclic amines) is 1. The van der Waals surface area contributed by atoms with Gasteiger partial charge in [0.25, 0.3) is 5.91 Å². The molecule has 1 spiro atoms. The molecule has 2 aliphatic heterocycles. The zero-order valence-electron chi connectivity index (χ0n) is 19.3. The summed E-state index contributed by atoms with van der Waals surface area (Å²) < 4.78 is 6.19. The molecule has 7 heteroatoms. The maximum absolute atomic E-state index is 13.5. The summed E-state index contributed by atoms with van der Waals surface area (Å²) in [5.41, 5.74) is -0.420. The van der Waals surface area contributed by atoms with Gasteiger partial charge in [0.15, 0.2) is 0 Å². The van der Waals surface area contributed by atoms with E-state index in [1.165, 1.54) is 0 Å². The van der Waals surface area contributed by atoms with E-state index in [4.69, 9.17) is 4.74 Å². The number of carbonyl (C=O) groups excluding carboxylic acids is 3. The third kappa shape index (κ3) is 5.26. The molecule has 3 rings (SSSR count). The molecular formula is C24H35N3O4. The molecular weight excluding hydrogens is 394 g/mol. The normalized spacial score (nSPS) is 20.9. The first kappa shape index (κ1) is 23.3. The van der Waals surface area contributed by atoms with Gasteiger partial charge in [0, 0.05) is 44.0 Å². The van der Waals surface area contributed by atoms with Crippen molar-refractivity contribution in [3.8, 4) is 0 Å². The number of nitrogens with one attached hydrogen (secondary N) is 1. The molecule has 0 aliphatic carbocycles. The van der Waals surface area contributed by atoms with E-state index < -0.39 is 11.8 Å². The molecule has 2 fully saturated rings. The van der Waals surface area contributed by atoms with Crippen molar-refractivity contribution in [2.75, 3.05) is 19.7 Å². The SMILES string of the molecule is CC(C)NC(=O)[C@H]1COC2(CCN(C(=O)CC(C)(C)C)CC2)N1C(=O)c1ccccc1. The van der Waals surface area contributed by atoms with E-state index in [1.807, 2.05) is 36.9 Å². The van der Waals surface area contributed by atoms with Crippen LogP contribution in [-0.2, 0) is 14.3 Å². The quantitative estimate of drug-likeness (QED) is 0.798. The highest BCUT2D eigenvalue weighted by molar-refractivity contribution is 5.98. The summed E-state index contributed by atoms with van der Waals surface area (Å²) >= 11 is 0. The molecule has 0 radical (unpaired) electrons. The lowest BCUT2D eigenvalue weighted by molar-refractivity contribution is -0.145. The maximum Gasteiger partial charge on any atom is 0.256 e. The van der Waals surface area contributed by atoms with Crippen LogP contribution in [0.25, 0.3) is 0 Å². The minimum absolute atomic E-state index is 0.0328. The Morgan fingerprint density at radius 1 is 1.13 bits per heavy atom. The molecule has 170 valence electrons. The molecule has 0 unspecified atom stereocenters. The summed E-state index contributed by atoms with van der Waals surface area (Å²) in [6.07, 6.45) is 1.47. The Hall–Kier alpha value is -2.41. The molecule has 3 amide bonds. The Morgan fingerprint density at radius 2 is 1.74 bits per heavy atom. The number of ether oxygens (including phenoxy) is 1. The Balaban J connectivity index is 1.82. The molecule has 1 aromatic rings. The zero-order valence-corrected chi connectivity index (χ0v) is 19.3. The number of hydrogen-bond acceptors (Lipinski definition) is 4. The first-order valence-corrected chi connectivity index (χ1v) is 11.1. The van der Waals surface area contributed by atoms with Crippen molar-refractivity contribution in [1.29, 1.82) is 0 Å². The molecule has 1 N–H and O–H groups in total. The van der Waals surface area contributed by atoms with Crippen LogP contribution >= 0.6 is 0 Å². The second-order valence-corrected chi connectivity index (χ2v) is 10.1. The Bertz CT molecular complexity index is 808. The molecule has 2 saturated heterocycles. The molecule has 0 saturated carbocycles. The van der Waals surface area contributed by atoms with Gasteiger partial charge in [-0.05, 0) is 31.4 Å². The fourth-order valence-corrected chi connectivity index (χ4v) is 4.34. The standard InChI is InChI=1S/C24H35N3O4/c1-17(2)25-21(29)19-16-31-24(27(19)22(30)18-9-7-6-8-10-18)11-13-26(14-12-24)20(28)15-23(3,4)5/h6-10,17,19H,11-16H2,1-5H3,(H,25,29)/t19-/m1/s1. The molecule has 2 heterocycles. The first-order chi connectivity index (χ1) is 14.5. The highest BCUT2D eigenvalue weighted by Crippen LogP contribution is 2.39. The van der Waals surface area contributed by atoms with Crippen LogP contribution in [0.4, 0.5) is 0 Å². The number of rotatable bonds is 4. The van der Waals surface area contributed by atoms with Gasteiger partial charge in [0.2, 0.25) is 11.8 Å². The zero-order chi connectivity index (χ0) is 22.8. The first-order valence-electron chi connectivity index (χ1n) is 11.1. The van der Waals surface area contributed by atoms with Crippen LogP contribution in [0.2, 0.25) is 0 Å². The van der Waals surface area contributed by atoms with E-state index in [2.05, 4.69) is 26.1 Å². The van der Waals surface area contributed by atoms with Gasteiger partial charge >= 0.3 is 0 Å². The molecule has 2 aliphatic rings. The van der Waals surface area contributed by atoms with Gasteiger partial charge in [0.1, 0.15) is 11.8 Å². The van der Waals surface area contributed by atoms with Crippen LogP contribution < -0.4 is 5.32 Å². The second kappa shape index (κ2) is 8.99. The predicted octanol–water partition coefficient (Wildman–Crippen LogP) is 2.81. The lowest BCUT2D eigenvalue weighted by Crippen LogP contribution is -2.60. The number of piperidine rings is 1. The number of nitrogens with zero attached hydrogens (tertiary/aromatic N) is 2. The van der Waals surface area contributed by atoms with Crippen molar-refractivity contribution in [1.82, 2.24) is 15.1 Å². The minimum atomic E-state index is -0.871. The average molecular weight is 430 g/mol. The monoisotopic (exact) mass is 429 g/mol. The van der Waals surface area contributed by atoms with Gasteiger partial charge in [-0.1, -0.05) is 39.0 Å². The Morgan fingerprint density at radius 3 is 2.29 bits per heavy atom. The van der Waals surface area contributed by atoms with E-state index >= 15 is 0 Å². The van der Waals surface area contributed by atoms with Crippen LogP contribution in [0, 0.1) is 5.41 Å². The molecule has 1 aromatic carbocycles. The number of carbonyl (C=O) groups is 3. The van der Waals surface area contributed by atoms with Gasteiger partial charge in [-0.25, -0.2) is 0 Å². The second-order valence-electron chi connectivity index (χ2n) is 10.1. The number of amides is 3. The summed E-state index contributed by atoms with van der Waals surface area (Å²) in [4.78, 5) is 42.6. The van der Waals surface area contributed by atoms with E-state index in [0.717, 1.165) is 0 Å². The Labute approximate surface area is 185 Å². The molecule has 0 bridgehead atoms. The van der Waals surface area contributed by atoms with E-state index in [9.17, 15) is 14.4 Å². The van der Waals surface area contributed by atoms with Gasteiger partial charge in [-0.3, -0.25) is 19.3 Å². The summed E-state index contributed by atoms with van der Waals surface area (Å²) in [5, 5.41) is 2.92. The Kier molecular flexibility index (Phi) is 6.74. The van der Waals surface area contributed by atoms with Crippen molar-refractivity contribution in [2.24, 2.45) is 5.41 Å². The third-order valence-electron chi connectivity index (χ3n) is 5.81.